The number of rotatable bonds is 12. The van der Waals surface area contributed by atoms with Crippen molar-refractivity contribution in [3.8, 4) is 5.75 Å². The second-order valence-corrected chi connectivity index (χ2v) is 8.34. The number of guanidine groups is 1. The number of aliphatic imine (C=N–C) groups is 1. The molecule has 7 nitrogen and oxygen atoms in total. The summed E-state index contributed by atoms with van der Waals surface area (Å²) < 4.78 is 16.7. The lowest BCUT2D eigenvalue weighted by Gasteiger charge is -2.27. The van der Waals surface area contributed by atoms with E-state index >= 15 is 0 Å². The third kappa shape index (κ3) is 9.03. The molecule has 0 radical (unpaired) electrons. The summed E-state index contributed by atoms with van der Waals surface area (Å²) in [6.45, 7) is 10.1. The Morgan fingerprint density at radius 2 is 2.12 bits per heavy atom. The normalized spacial score (nSPS) is 20.1. The van der Waals surface area contributed by atoms with E-state index in [2.05, 4.69) is 40.7 Å². The number of nitrogens with one attached hydrogen (secondary N) is 2. The van der Waals surface area contributed by atoms with Crippen LogP contribution < -0.4 is 15.4 Å². The van der Waals surface area contributed by atoms with E-state index in [1.807, 2.05) is 6.07 Å². The first-order chi connectivity index (χ1) is 15.3. The minimum Gasteiger partial charge on any atom is -0.497 e. The molecule has 32 heavy (non-hydrogen) atoms. The lowest BCUT2D eigenvalue weighted by atomic mass is 10.1. The second-order valence-electron chi connectivity index (χ2n) is 8.34. The SMILES string of the molecule is CCNC(=NCC(c1cccc(OC)c1)N1CCCC1)NCCCOCC1CCOC1.I. The molecule has 2 atom stereocenters. The maximum atomic E-state index is 5.81. The Hall–Kier alpha value is -1.10. The number of hydrogen-bond acceptors (Lipinski definition) is 5. The Morgan fingerprint density at radius 3 is 2.84 bits per heavy atom. The van der Waals surface area contributed by atoms with Crippen LogP contribution in [0.2, 0.25) is 0 Å². The van der Waals surface area contributed by atoms with Crippen LogP contribution in [0.5, 0.6) is 5.75 Å². The Balaban J connectivity index is 0.00000363. The molecule has 0 aromatic heterocycles. The van der Waals surface area contributed by atoms with Gasteiger partial charge in [-0.15, -0.1) is 24.0 Å². The zero-order chi connectivity index (χ0) is 21.7. The maximum Gasteiger partial charge on any atom is 0.191 e. The van der Waals surface area contributed by atoms with Crippen LogP contribution in [0, 0.1) is 5.92 Å². The van der Waals surface area contributed by atoms with Crippen LogP contribution in [0.4, 0.5) is 0 Å². The summed E-state index contributed by atoms with van der Waals surface area (Å²) in [4.78, 5) is 7.47. The predicted octanol–water partition coefficient (Wildman–Crippen LogP) is 3.45. The fourth-order valence-electron chi connectivity index (χ4n) is 4.20. The van der Waals surface area contributed by atoms with Crippen LogP contribution in [-0.2, 0) is 9.47 Å². The minimum absolute atomic E-state index is 0. The van der Waals surface area contributed by atoms with Gasteiger partial charge in [0.1, 0.15) is 5.75 Å². The van der Waals surface area contributed by atoms with Crippen molar-refractivity contribution in [1.82, 2.24) is 15.5 Å². The van der Waals surface area contributed by atoms with Crippen LogP contribution in [-0.4, -0.2) is 77.1 Å². The Kier molecular flexibility index (Phi) is 13.3. The van der Waals surface area contributed by atoms with E-state index in [1.165, 1.54) is 18.4 Å². The molecule has 2 N–H and O–H groups in total. The smallest absolute Gasteiger partial charge is 0.191 e. The number of likely N-dealkylation sites (tertiary alicyclic amines) is 1. The topological polar surface area (TPSA) is 67.4 Å². The summed E-state index contributed by atoms with van der Waals surface area (Å²) in [6, 6.07) is 8.67. The van der Waals surface area contributed by atoms with E-state index in [0.29, 0.717) is 5.92 Å². The van der Waals surface area contributed by atoms with E-state index in [4.69, 9.17) is 19.2 Å². The van der Waals surface area contributed by atoms with Crippen LogP contribution in [0.25, 0.3) is 0 Å². The lowest BCUT2D eigenvalue weighted by Crippen LogP contribution is -2.39. The fraction of sp³-hybridized carbons (Fsp3) is 0.708. The molecule has 3 rings (SSSR count). The monoisotopic (exact) mass is 560 g/mol. The van der Waals surface area contributed by atoms with Crippen molar-refractivity contribution in [3.63, 3.8) is 0 Å². The van der Waals surface area contributed by atoms with Crippen molar-refractivity contribution >= 4 is 29.9 Å². The molecule has 1 aromatic carbocycles. The quantitative estimate of drug-likeness (QED) is 0.177. The van der Waals surface area contributed by atoms with Gasteiger partial charge in [-0.25, -0.2) is 0 Å². The van der Waals surface area contributed by atoms with Gasteiger partial charge in [0.2, 0.25) is 0 Å². The van der Waals surface area contributed by atoms with E-state index in [1.54, 1.807) is 7.11 Å². The van der Waals surface area contributed by atoms with Gasteiger partial charge in [0.25, 0.3) is 0 Å². The third-order valence-corrected chi connectivity index (χ3v) is 5.96. The minimum atomic E-state index is 0. The van der Waals surface area contributed by atoms with Gasteiger partial charge in [-0.2, -0.15) is 0 Å². The van der Waals surface area contributed by atoms with E-state index < -0.39 is 0 Å². The molecule has 182 valence electrons. The molecule has 0 bridgehead atoms. The molecule has 2 fully saturated rings. The molecule has 2 saturated heterocycles. The number of ether oxygens (including phenoxy) is 3. The molecule has 2 aliphatic heterocycles. The van der Waals surface area contributed by atoms with Crippen LogP contribution in [0.3, 0.4) is 0 Å². The Morgan fingerprint density at radius 1 is 1.28 bits per heavy atom. The summed E-state index contributed by atoms with van der Waals surface area (Å²) >= 11 is 0. The summed E-state index contributed by atoms with van der Waals surface area (Å²) in [6.07, 6.45) is 4.61. The van der Waals surface area contributed by atoms with Crippen molar-refractivity contribution in [2.75, 3.05) is 66.3 Å². The molecule has 0 saturated carbocycles. The average molecular weight is 561 g/mol. The number of benzene rings is 1. The first kappa shape index (κ1) is 27.1. The molecule has 0 aliphatic carbocycles. The number of nitrogens with zero attached hydrogens (tertiary/aromatic N) is 2. The zero-order valence-electron chi connectivity index (χ0n) is 19.7. The van der Waals surface area contributed by atoms with Gasteiger partial charge < -0.3 is 24.8 Å². The van der Waals surface area contributed by atoms with Crippen molar-refractivity contribution in [3.05, 3.63) is 29.8 Å². The van der Waals surface area contributed by atoms with Crippen molar-refractivity contribution in [2.24, 2.45) is 10.9 Å². The van der Waals surface area contributed by atoms with Gasteiger partial charge >= 0.3 is 0 Å². The van der Waals surface area contributed by atoms with Crippen LogP contribution >= 0.6 is 24.0 Å². The van der Waals surface area contributed by atoms with Gasteiger partial charge in [0.05, 0.1) is 32.9 Å². The summed E-state index contributed by atoms with van der Waals surface area (Å²) in [5, 5.41) is 6.84. The van der Waals surface area contributed by atoms with Gasteiger partial charge in [-0.05, 0) is 63.4 Å². The molecule has 0 amide bonds. The molecule has 2 heterocycles. The fourth-order valence-corrected chi connectivity index (χ4v) is 4.20. The summed E-state index contributed by atoms with van der Waals surface area (Å²) in [5.74, 6) is 2.35. The highest BCUT2D eigenvalue weighted by atomic mass is 127. The average Bonchev–Trinajstić information content (AvgIpc) is 3.51. The number of hydrogen-bond donors (Lipinski definition) is 2. The van der Waals surface area contributed by atoms with Gasteiger partial charge in [0, 0.05) is 32.2 Å². The Labute approximate surface area is 210 Å². The largest absolute Gasteiger partial charge is 0.497 e. The van der Waals surface area contributed by atoms with Crippen LogP contribution in [0.1, 0.15) is 44.2 Å². The predicted molar refractivity (Wildman–Crippen MR) is 140 cm³/mol. The molecule has 1 aromatic rings. The van der Waals surface area contributed by atoms with Gasteiger partial charge in [0.15, 0.2) is 5.96 Å². The Bertz CT molecular complexity index is 664. The van der Waals surface area contributed by atoms with Crippen molar-refractivity contribution in [1.29, 1.82) is 0 Å². The highest BCUT2D eigenvalue weighted by molar-refractivity contribution is 14.0. The first-order valence-electron chi connectivity index (χ1n) is 11.9. The summed E-state index contributed by atoms with van der Waals surface area (Å²) in [5.41, 5.74) is 1.27. The van der Waals surface area contributed by atoms with Gasteiger partial charge in [-0.3, -0.25) is 9.89 Å². The van der Waals surface area contributed by atoms with Crippen molar-refractivity contribution < 1.29 is 14.2 Å². The van der Waals surface area contributed by atoms with E-state index in [9.17, 15) is 0 Å². The highest BCUT2D eigenvalue weighted by Gasteiger charge is 2.23. The highest BCUT2D eigenvalue weighted by Crippen LogP contribution is 2.27. The van der Waals surface area contributed by atoms with Crippen molar-refractivity contribution in [2.45, 2.75) is 38.6 Å². The molecule has 2 aliphatic rings. The molecule has 8 heteroatoms. The zero-order valence-corrected chi connectivity index (χ0v) is 22.0. The molecular formula is C24H41IN4O3. The third-order valence-electron chi connectivity index (χ3n) is 5.96. The first-order valence-corrected chi connectivity index (χ1v) is 11.9. The molecule has 2 unspecified atom stereocenters. The van der Waals surface area contributed by atoms with E-state index in [-0.39, 0.29) is 30.0 Å². The number of methoxy groups -OCH3 is 1. The van der Waals surface area contributed by atoms with Gasteiger partial charge in [-0.1, -0.05) is 12.1 Å². The standard InChI is InChI=1S/C24H40N4O3.HI/c1-3-25-24(26-11-7-14-30-18-20-10-15-31-19-20)27-17-23(28-12-4-5-13-28)21-8-6-9-22(16-21)29-2;/h6,8-9,16,20,23H,3-5,7,10-15,17-19H2,1-2H3,(H2,25,26,27);1H. The lowest BCUT2D eigenvalue weighted by molar-refractivity contribution is 0.0888. The second kappa shape index (κ2) is 15.7. The van der Waals surface area contributed by atoms with E-state index in [0.717, 1.165) is 83.7 Å². The number of halogens is 1. The molecule has 0 spiro atoms. The van der Waals surface area contributed by atoms with Crippen LogP contribution in [0.15, 0.2) is 29.3 Å². The summed E-state index contributed by atoms with van der Waals surface area (Å²) in [7, 11) is 1.72. The molecular weight excluding hydrogens is 519 g/mol. The maximum absolute atomic E-state index is 5.81.